The lowest BCUT2D eigenvalue weighted by Crippen LogP contribution is -2.15. The maximum atomic E-state index is 12.3. The number of aromatic nitrogens is 2. The van der Waals surface area contributed by atoms with Gasteiger partial charge in [0.25, 0.3) is 0 Å². The summed E-state index contributed by atoms with van der Waals surface area (Å²) in [6.07, 6.45) is 7.85. The van der Waals surface area contributed by atoms with E-state index in [1.54, 1.807) is 22.9 Å². The van der Waals surface area contributed by atoms with Crippen LogP contribution >= 0.6 is 0 Å². The normalized spacial score (nSPS) is 13.4. The number of aryl methyl sites for hydroxylation is 2. The Labute approximate surface area is 145 Å². The second-order valence-electron chi connectivity index (χ2n) is 6.28. The number of ketones is 1. The van der Waals surface area contributed by atoms with E-state index in [2.05, 4.69) is 4.98 Å². The molecule has 0 saturated carbocycles. The first-order valence-corrected chi connectivity index (χ1v) is 8.46. The van der Waals surface area contributed by atoms with Gasteiger partial charge in [0, 0.05) is 18.0 Å². The average molecular weight is 334 g/mol. The predicted molar refractivity (Wildman–Crippen MR) is 92.9 cm³/mol. The van der Waals surface area contributed by atoms with Crippen LogP contribution in [0.2, 0.25) is 0 Å². The van der Waals surface area contributed by atoms with Gasteiger partial charge in [0.1, 0.15) is 5.65 Å². The molecular weight excluding hydrogens is 316 g/mol. The molecule has 1 aliphatic carbocycles. The third-order valence-electron chi connectivity index (χ3n) is 4.58. The zero-order valence-electron chi connectivity index (χ0n) is 13.8. The van der Waals surface area contributed by atoms with Crippen LogP contribution in [0.15, 0.2) is 48.8 Å². The summed E-state index contributed by atoms with van der Waals surface area (Å²) in [5, 5.41) is 0. The Bertz CT molecular complexity index is 925. The summed E-state index contributed by atoms with van der Waals surface area (Å²) in [6.45, 7) is -0.272. The van der Waals surface area contributed by atoms with Crippen LogP contribution in [-0.4, -0.2) is 27.7 Å². The van der Waals surface area contributed by atoms with Crippen LogP contribution in [0.5, 0.6) is 0 Å². The van der Waals surface area contributed by atoms with E-state index in [1.165, 1.54) is 17.5 Å². The summed E-state index contributed by atoms with van der Waals surface area (Å²) in [5.74, 6) is -0.777. The Balaban J connectivity index is 1.43. The van der Waals surface area contributed by atoms with Crippen LogP contribution in [0, 0.1) is 0 Å². The van der Waals surface area contributed by atoms with Gasteiger partial charge in [-0.3, -0.25) is 4.79 Å². The van der Waals surface area contributed by atoms with Crippen LogP contribution in [-0.2, 0) is 17.6 Å². The van der Waals surface area contributed by atoms with Gasteiger partial charge in [0.05, 0.1) is 0 Å². The lowest BCUT2D eigenvalue weighted by molar-refractivity contribution is 0.0469. The number of fused-ring (bicyclic) bond motifs is 2. The number of ether oxygens (including phenoxy) is 1. The molecule has 0 amide bonds. The van der Waals surface area contributed by atoms with E-state index < -0.39 is 5.97 Å². The smallest absolute Gasteiger partial charge is 0.359 e. The molecular formula is C20H18N2O3. The number of carbonyl (C=O) groups is 2. The molecule has 0 fully saturated rings. The average Bonchev–Trinajstić information content (AvgIpc) is 3.09. The molecule has 0 radical (unpaired) electrons. The molecule has 5 nitrogen and oxygen atoms in total. The summed E-state index contributed by atoms with van der Waals surface area (Å²) in [6, 6.07) is 11.3. The molecule has 1 aliphatic rings. The molecule has 0 spiro atoms. The van der Waals surface area contributed by atoms with Crippen molar-refractivity contribution in [3.05, 3.63) is 71.2 Å². The van der Waals surface area contributed by atoms with Crippen molar-refractivity contribution in [3.8, 4) is 0 Å². The van der Waals surface area contributed by atoms with Crippen molar-refractivity contribution in [1.29, 1.82) is 0 Å². The second-order valence-corrected chi connectivity index (χ2v) is 6.28. The zero-order chi connectivity index (χ0) is 17.2. The van der Waals surface area contributed by atoms with E-state index in [4.69, 9.17) is 4.74 Å². The highest BCUT2D eigenvalue weighted by molar-refractivity contribution is 5.99. The molecule has 2 heterocycles. The Morgan fingerprint density at radius 2 is 1.92 bits per heavy atom. The SMILES string of the molecule is O=C(COC(=O)c1cn2ccccc2n1)c1ccc2c(c1)CCCC2. The van der Waals surface area contributed by atoms with Gasteiger partial charge in [-0.1, -0.05) is 18.2 Å². The second kappa shape index (κ2) is 6.51. The number of hydrogen-bond donors (Lipinski definition) is 0. The van der Waals surface area contributed by atoms with Crippen LogP contribution in [0.3, 0.4) is 0 Å². The van der Waals surface area contributed by atoms with E-state index in [9.17, 15) is 9.59 Å². The van der Waals surface area contributed by atoms with E-state index >= 15 is 0 Å². The lowest BCUT2D eigenvalue weighted by Gasteiger charge is -2.16. The Morgan fingerprint density at radius 1 is 1.08 bits per heavy atom. The fourth-order valence-corrected chi connectivity index (χ4v) is 3.23. The third kappa shape index (κ3) is 3.18. The molecule has 2 aromatic heterocycles. The Kier molecular flexibility index (Phi) is 4.06. The number of rotatable bonds is 4. The highest BCUT2D eigenvalue weighted by atomic mass is 16.5. The van der Waals surface area contributed by atoms with Gasteiger partial charge >= 0.3 is 5.97 Å². The molecule has 0 unspecified atom stereocenters. The topological polar surface area (TPSA) is 60.7 Å². The first-order chi connectivity index (χ1) is 12.2. The monoisotopic (exact) mass is 334 g/mol. The summed E-state index contributed by atoms with van der Waals surface area (Å²) in [7, 11) is 0. The van der Waals surface area contributed by atoms with Gasteiger partial charge in [0.2, 0.25) is 0 Å². The van der Waals surface area contributed by atoms with Crippen molar-refractivity contribution in [2.24, 2.45) is 0 Å². The van der Waals surface area contributed by atoms with Crippen molar-refractivity contribution in [1.82, 2.24) is 9.38 Å². The maximum absolute atomic E-state index is 12.3. The van der Waals surface area contributed by atoms with Gasteiger partial charge in [-0.2, -0.15) is 0 Å². The summed E-state index contributed by atoms with van der Waals surface area (Å²) < 4.78 is 6.89. The first kappa shape index (κ1) is 15.6. The zero-order valence-corrected chi connectivity index (χ0v) is 13.8. The highest BCUT2D eigenvalue weighted by Crippen LogP contribution is 2.22. The van der Waals surface area contributed by atoms with Gasteiger partial charge in [-0.15, -0.1) is 0 Å². The van der Waals surface area contributed by atoms with Gasteiger partial charge in [0.15, 0.2) is 18.1 Å². The number of Topliss-reactive ketones (excluding diaryl/α,β-unsaturated/α-hetero) is 1. The molecule has 3 aromatic rings. The van der Waals surface area contributed by atoms with Crippen LogP contribution in [0.25, 0.3) is 5.65 Å². The van der Waals surface area contributed by atoms with Crippen molar-refractivity contribution in [2.45, 2.75) is 25.7 Å². The molecule has 5 heteroatoms. The maximum Gasteiger partial charge on any atom is 0.359 e. The van der Waals surface area contributed by atoms with Gasteiger partial charge in [-0.05, 0) is 55.0 Å². The minimum atomic E-state index is -0.588. The third-order valence-corrected chi connectivity index (χ3v) is 4.58. The number of benzene rings is 1. The van der Waals surface area contributed by atoms with Crippen LogP contribution in [0.1, 0.15) is 44.8 Å². The summed E-state index contributed by atoms with van der Waals surface area (Å²) in [4.78, 5) is 28.7. The molecule has 0 atom stereocenters. The standard InChI is InChI=1S/C20H18N2O3/c23-18(16-9-8-14-5-1-2-6-15(14)11-16)13-25-20(24)17-12-22-10-4-3-7-19(22)21-17/h3-4,7-12H,1-2,5-6,13H2. The summed E-state index contributed by atoms with van der Waals surface area (Å²) >= 11 is 0. The predicted octanol–water partition coefficient (Wildman–Crippen LogP) is 3.25. The van der Waals surface area contributed by atoms with Crippen molar-refractivity contribution < 1.29 is 14.3 Å². The van der Waals surface area contributed by atoms with E-state index in [0.29, 0.717) is 11.2 Å². The molecule has 0 N–H and O–H groups in total. The number of pyridine rings is 1. The van der Waals surface area contributed by atoms with E-state index in [0.717, 1.165) is 19.3 Å². The molecule has 0 bridgehead atoms. The fraction of sp³-hybridized carbons (Fsp3) is 0.250. The van der Waals surface area contributed by atoms with Crippen LogP contribution < -0.4 is 0 Å². The molecule has 1 aromatic carbocycles. The Hall–Kier alpha value is -2.95. The summed E-state index contributed by atoms with van der Waals surface area (Å²) in [5.41, 5.74) is 4.02. The fourth-order valence-electron chi connectivity index (χ4n) is 3.23. The highest BCUT2D eigenvalue weighted by Gasteiger charge is 2.17. The van der Waals surface area contributed by atoms with Gasteiger partial charge < -0.3 is 9.14 Å². The molecule has 4 rings (SSSR count). The molecule has 0 saturated heterocycles. The molecule has 25 heavy (non-hydrogen) atoms. The number of esters is 1. The number of hydrogen-bond acceptors (Lipinski definition) is 4. The van der Waals surface area contributed by atoms with Gasteiger partial charge in [-0.25, -0.2) is 9.78 Å². The number of imidazole rings is 1. The largest absolute Gasteiger partial charge is 0.453 e. The minimum Gasteiger partial charge on any atom is -0.453 e. The molecule has 0 aliphatic heterocycles. The minimum absolute atomic E-state index is 0.189. The van der Waals surface area contributed by atoms with Crippen molar-refractivity contribution in [2.75, 3.05) is 6.61 Å². The Morgan fingerprint density at radius 3 is 2.76 bits per heavy atom. The van der Waals surface area contributed by atoms with E-state index in [-0.39, 0.29) is 18.1 Å². The lowest BCUT2D eigenvalue weighted by atomic mass is 9.90. The van der Waals surface area contributed by atoms with Crippen molar-refractivity contribution in [3.63, 3.8) is 0 Å². The number of nitrogens with zero attached hydrogens (tertiary/aromatic N) is 2. The quantitative estimate of drug-likeness (QED) is 0.543. The van der Waals surface area contributed by atoms with Crippen LogP contribution in [0.4, 0.5) is 0 Å². The molecule has 126 valence electrons. The van der Waals surface area contributed by atoms with E-state index in [1.807, 2.05) is 30.3 Å². The first-order valence-electron chi connectivity index (χ1n) is 8.46. The number of carbonyl (C=O) groups excluding carboxylic acids is 2. The van der Waals surface area contributed by atoms with Crippen molar-refractivity contribution >= 4 is 17.4 Å².